The highest BCUT2D eigenvalue weighted by Gasteiger charge is 2.43. The lowest BCUT2D eigenvalue weighted by atomic mass is 9.76. The van der Waals surface area contributed by atoms with E-state index in [0.29, 0.717) is 19.4 Å². The fourth-order valence-corrected chi connectivity index (χ4v) is 2.71. The quantitative estimate of drug-likeness (QED) is 0.684. The van der Waals surface area contributed by atoms with Crippen LogP contribution in [0.25, 0.3) is 0 Å². The van der Waals surface area contributed by atoms with Gasteiger partial charge in [-0.1, -0.05) is 19.8 Å². The first-order valence-electron chi connectivity index (χ1n) is 6.89. The molecule has 0 aromatic rings. The Bertz CT molecular complexity index is 399. The van der Waals surface area contributed by atoms with Gasteiger partial charge in [-0.15, -0.1) is 0 Å². The zero-order valence-corrected chi connectivity index (χ0v) is 12.0. The Morgan fingerprint density at radius 2 is 2.10 bits per heavy atom. The van der Waals surface area contributed by atoms with Crippen LogP contribution in [-0.4, -0.2) is 46.5 Å². The van der Waals surface area contributed by atoms with Crippen molar-refractivity contribution < 1.29 is 19.5 Å². The predicted molar refractivity (Wildman–Crippen MR) is 73.0 cm³/mol. The standard InChI is InChI=1S/C13H23N3O4/c1-3-16(8-10(14)17)12(20)15-13(11(18)19)6-4-5-9(2)7-13/h9H,3-8H2,1-2H3,(H2,14,17)(H,15,20)(H,18,19). The van der Waals surface area contributed by atoms with Crippen molar-refractivity contribution in [2.24, 2.45) is 11.7 Å². The van der Waals surface area contributed by atoms with Gasteiger partial charge in [-0.25, -0.2) is 9.59 Å². The Balaban J connectivity index is 2.82. The lowest BCUT2D eigenvalue weighted by Gasteiger charge is -2.38. The number of hydrogen-bond acceptors (Lipinski definition) is 3. The maximum atomic E-state index is 12.1. The molecule has 7 nitrogen and oxygen atoms in total. The minimum Gasteiger partial charge on any atom is -0.480 e. The molecule has 0 radical (unpaired) electrons. The minimum absolute atomic E-state index is 0.215. The molecule has 4 N–H and O–H groups in total. The van der Waals surface area contributed by atoms with Crippen molar-refractivity contribution in [2.45, 2.75) is 45.1 Å². The third-order valence-corrected chi connectivity index (χ3v) is 3.77. The summed E-state index contributed by atoms with van der Waals surface area (Å²) < 4.78 is 0. The van der Waals surface area contributed by atoms with Crippen LogP contribution in [0.1, 0.15) is 39.5 Å². The SMILES string of the molecule is CCN(CC(N)=O)C(=O)NC1(C(=O)O)CCCC(C)C1. The molecule has 1 saturated carbocycles. The number of amides is 3. The molecule has 0 heterocycles. The maximum Gasteiger partial charge on any atom is 0.329 e. The van der Waals surface area contributed by atoms with Gasteiger partial charge in [0.25, 0.3) is 0 Å². The molecule has 1 aliphatic carbocycles. The molecule has 7 heteroatoms. The van der Waals surface area contributed by atoms with Crippen molar-refractivity contribution in [1.29, 1.82) is 0 Å². The molecular weight excluding hydrogens is 262 g/mol. The third kappa shape index (κ3) is 3.85. The molecule has 114 valence electrons. The molecule has 2 unspecified atom stereocenters. The summed E-state index contributed by atoms with van der Waals surface area (Å²) in [6, 6.07) is -0.553. The Hall–Kier alpha value is -1.79. The summed E-state index contributed by atoms with van der Waals surface area (Å²) in [5.74, 6) is -1.40. The number of urea groups is 1. The van der Waals surface area contributed by atoms with E-state index in [-0.39, 0.29) is 12.5 Å². The van der Waals surface area contributed by atoms with Crippen LogP contribution in [0.3, 0.4) is 0 Å². The van der Waals surface area contributed by atoms with Gasteiger partial charge >= 0.3 is 12.0 Å². The first kappa shape index (κ1) is 16.3. The molecule has 0 aliphatic heterocycles. The van der Waals surface area contributed by atoms with Crippen LogP contribution in [-0.2, 0) is 9.59 Å². The lowest BCUT2D eigenvalue weighted by Crippen LogP contribution is -2.60. The van der Waals surface area contributed by atoms with Crippen LogP contribution in [0.4, 0.5) is 4.79 Å². The first-order valence-corrected chi connectivity index (χ1v) is 6.89. The highest BCUT2D eigenvalue weighted by atomic mass is 16.4. The number of carboxylic acids is 1. The van der Waals surface area contributed by atoms with E-state index < -0.39 is 23.4 Å². The van der Waals surface area contributed by atoms with E-state index in [1.54, 1.807) is 6.92 Å². The van der Waals surface area contributed by atoms with Crippen molar-refractivity contribution in [3.63, 3.8) is 0 Å². The van der Waals surface area contributed by atoms with E-state index in [0.717, 1.165) is 12.8 Å². The normalized spacial score (nSPS) is 25.8. The van der Waals surface area contributed by atoms with Crippen molar-refractivity contribution in [3.8, 4) is 0 Å². The van der Waals surface area contributed by atoms with E-state index in [1.807, 2.05) is 6.92 Å². The summed E-state index contributed by atoms with van der Waals surface area (Å²) in [7, 11) is 0. The number of nitrogens with zero attached hydrogens (tertiary/aromatic N) is 1. The Morgan fingerprint density at radius 1 is 1.45 bits per heavy atom. The van der Waals surface area contributed by atoms with E-state index in [9.17, 15) is 19.5 Å². The van der Waals surface area contributed by atoms with Gasteiger partial charge < -0.3 is 21.1 Å². The summed E-state index contributed by atoms with van der Waals surface area (Å²) >= 11 is 0. The van der Waals surface area contributed by atoms with Crippen LogP contribution in [0.15, 0.2) is 0 Å². The van der Waals surface area contributed by atoms with Gasteiger partial charge in [0.15, 0.2) is 0 Å². The number of carbonyl (C=O) groups excluding carboxylic acids is 2. The molecule has 0 bridgehead atoms. The molecule has 1 rings (SSSR count). The molecule has 3 amide bonds. The monoisotopic (exact) mass is 285 g/mol. The van der Waals surface area contributed by atoms with Crippen molar-refractivity contribution in [3.05, 3.63) is 0 Å². The minimum atomic E-state index is -1.24. The average molecular weight is 285 g/mol. The lowest BCUT2D eigenvalue weighted by molar-refractivity contribution is -0.146. The number of aliphatic carboxylic acids is 1. The van der Waals surface area contributed by atoms with Crippen LogP contribution >= 0.6 is 0 Å². The Kier molecular flexibility index (Phi) is 5.35. The Morgan fingerprint density at radius 3 is 2.55 bits per heavy atom. The van der Waals surface area contributed by atoms with E-state index >= 15 is 0 Å². The highest BCUT2D eigenvalue weighted by molar-refractivity contribution is 5.88. The summed E-state index contributed by atoms with van der Waals surface area (Å²) in [5.41, 5.74) is 3.84. The molecule has 0 spiro atoms. The average Bonchev–Trinajstić information content (AvgIpc) is 2.35. The van der Waals surface area contributed by atoms with Gasteiger partial charge in [0.1, 0.15) is 12.1 Å². The highest BCUT2D eigenvalue weighted by Crippen LogP contribution is 2.32. The van der Waals surface area contributed by atoms with E-state index in [1.165, 1.54) is 4.90 Å². The molecule has 0 aromatic heterocycles. The van der Waals surface area contributed by atoms with Crippen molar-refractivity contribution >= 4 is 17.9 Å². The third-order valence-electron chi connectivity index (χ3n) is 3.77. The topological polar surface area (TPSA) is 113 Å². The summed E-state index contributed by atoms with van der Waals surface area (Å²) in [6.45, 7) is 3.76. The second-order valence-corrected chi connectivity index (χ2v) is 5.50. The molecule has 2 atom stereocenters. The van der Waals surface area contributed by atoms with E-state index in [4.69, 9.17) is 5.73 Å². The van der Waals surface area contributed by atoms with Crippen LogP contribution in [0, 0.1) is 5.92 Å². The van der Waals surface area contributed by atoms with Crippen molar-refractivity contribution in [1.82, 2.24) is 10.2 Å². The van der Waals surface area contributed by atoms with Gasteiger partial charge in [-0.2, -0.15) is 0 Å². The number of carbonyl (C=O) groups is 3. The number of carboxylic acid groups (broad SMARTS) is 1. The summed E-state index contributed by atoms with van der Waals surface area (Å²) in [6.07, 6.45) is 2.54. The predicted octanol–water partition coefficient (Wildman–Crippen LogP) is 0.537. The Labute approximate surface area is 118 Å². The number of rotatable bonds is 5. The van der Waals surface area contributed by atoms with Crippen molar-refractivity contribution in [2.75, 3.05) is 13.1 Å². The molecule has 20 heavy (non-hydrogen) atoms. The zero-order chi connectivity index (χ0) is 15.3. The fraction of sp³-hybridized carbons (Fsp3) is 0.769. The number of hydrogen-bond donors (Lipinski definition) is 3. The summed E-state index contributed by atoms with van der Waals surface area (Å²) in [5, 5.41) is 12.1. The second kappa shape index (κ2) is 6.58. The molecule has 1 fully saturated rings. The van der Waals surface area contributed by atoms with Crippen LogP contribution < -0.4 is 11.1 Å². The number of nitrogens with two attached hydrogens (primary N) is 1. The number of primary amides is 1. The molecule has 0 aromatic carbocycles. The van der Waals surface area contributed by atoms with Gasteiger partial charge in [-0.3, -0.25) is 4.79 Å². The number of nitrogens with one attached hydrogen (secondary N) is 1. The largest absolute Gasteiger partial charge is 0.480 e. The first-order chi connectivity index (χ1) is 9.30. The zero-order valence-electron chi connectivity index (χ0n) is 12.0. The van der Waals surface area contributed by atoms with Gasteiger partial charge in [0.05, 0.1) is 0 Å². The second-order valence-electron chi connectivity index (χ2n) is 5.50. The molecule has 1 aliphatic rings. The van der Waals surface area contributed by atoms with Gasteiger partial charge in [0.2, 0.25) is 5.91 Å². The van der Waals surface area contributed by atoms with Gasteiger partial charge in [-0.05, 0) is 25.7 Å². The van der Waals surface area contributed by atoms with Crippen LogP contribution in [0.5, 0.6) is 0 Å². The molecular formula is C13H23N3O4. The molecule has 0 saturated heterocycles. The smallest absolute Gasteiger partial charge is 0.329 e. The summed E-state index contributed by atoms with van der Waals surface area (Å²) in [4.78, 5) is 35.8. The van der Waals surface area contributed by atoms with Crippen LogP contribution in [0.2, 0.25) is 0 Å². The number of likely N-dealkylation sites (N-methyl/N-ethyl adjacent to an activating group) is 1. The fourth-order valence-electron chi connectivity index (χ4n) is 2.71. The van der Waals surface area contributed by atoms with E-state index in [2.05, 4.69) is 5.32 Å². The maximum absolute atomic E-state index is 12.1. The van der Waals surface area contributed by atoms with Gasteiger partial charge in [0, 0.05) is 6.54 Å².